The van der Waals surface area contributed by atoms with Crippen molar-refractivity contribution in [3.8, 4) is 11.3 Å². The van der Waals surface area contributed by atoms with E-state index in [0.717, 1.165) is 11.8 Å². The van der Waals surface area contributed by atoms with E-state index in [0.29, 0.717) is 22.8 Å². The largest absolute Gasteiger partial charge is 0.459 e. The van der Waals surface area contributed by atoms with Gasteiger partial charge in [0.15, 0.2) is 0 Å². The van der Waals surface area contributed by atoms with Gasteiger partial charge in [-0.05, 0) is 54.6 Å². The molecule has 0 aliphatic carbocycles. The smallest absolute Gasteiger partial charge is 0.251 e. The fraction of sp³-hybridized carbons (Fsp3) is 0.105. The number of anilines is 1. The molecule has 1 heterocycles. The molecular weight excluding hydrogens is 371 g/mol. The Morgan fingerprint density at radius 2 is 1.81 bits per heavy atom. The van der Waals surface area contributed by atoms with Crippen molar-refractivity contribution in [3.63, 3.8) is 0 Å². The van der Waals surface area contributed by atoms with Crippen LogP contribution in [0.2, 0.25) is 0 Å². The Morgan fingerprint density at radius 1 is 1.07 bits per heavy atom. The van der Waals surface area contributed by atoms with Crippen LogP contribution < -0.4 is 10.0 Å². The molecule has 3 rings (SSSR count). The van der Waals surface area contributed by atoms with Crippen molar-refractivity contribution in [3.05, 3.63) is 77.8 Å². The summed E-state index contributed by atoms with van der Waals surface area (Å²) in [5.74, 6) is 0.406. The Bertz CT molecular complexity index is 1060. The second-order valence-corrected chi connectivity index (χ2v) is 7.66. The number of hydrogen-bond donors (Lipinski definition) is 2. The van der Waals surface area contributed by atoms with Crippen LogP contribution in [0.15, 0.2) is 65.1 Å². The molecule has 3 aromatic rings. The number of carbonyl (C=O) groups excluding carboxylic acids is 1. The molecule has 1 aromatic heterocycles. The Hall–Kier alpha value is -3.13. The van der Waals surface area contributed by atoms with Gasteiger partial charge >= 0.3 is 0 Å². The van der Waals surface area contributed by atoms with Gasteiger partial charge in [-0.1, -0.05) is 6.07 Å². The Morgan fingerprint density at radius 3 is 2.52 bits per heavy atom. The minimum Gasteiger partial charge on any atom is -0.459 e. The van der Waals surface area contributed by atoms with Gasteiger partial charge in [0, 0.05) is 16.8 Å². The molecule has 0 fully saturated rings. The van der Waals surface area contributed by atoms with E-state index in [9.17, 15) is 17.6 Å². The molecule has 0 saturated carbocycles. The summed E-state index contributed by atoms with van der Waals surface area (Å²) in [5, 5.41) is 2.71. The topological polar surface area (TPSA) is 88.4 Å². The van der Waals surface area contributed by atoms with Crippen molar-refractivity contribution in [1.29, 1.82) is 0 Å². The maximum atomic E-state index is 13.0. The van der Waals surface area contributed by atoms with Crippen molar-refractivity contribution >= 4 is 21.6 Å². The summed E-state index contributed by atoms with van der Waals surface area (Å²) in [4.78, 5) is 12.3. The summed E-state index contributed by atoms with van der Waals surface area (Å²) in [7, 11) is -3.42. The van der Waals surface area contributed by atoms with Gasteiger partial charge in [-0.25, -0.2) is 12.8 Å². The summed E-state index contributed by atoms with van der Waals surface area (Å²) >= 11 is 0. The molecule has 0 unspecified atom stereocenters. The molecule has 0 aliphatic heterocycles. The van der Waals surface area contributed by atoms with Crippen LogP contribution in [-0.4, -0.2) is 20.6 Å². The van der Waals surface area contributed by atoms with Gasteiger partial charge in [0.05, 0.1) is 12.8 Å². The van der Waals surface area contributed by atoms with E-state index in [4.69, 9.17) is 4.42 Å². The lowest BCUT2D eigenvalue weighted by molar-refractivity contribution is 0.0948. The fourth-order valence-corrected chi connectivity index (χ4v) is 3.00. The number of sulfonamides is 1. The zero-order valence-electron chi connectivity index (χ0n) is 14.4. The van der Waals surface area contributed by atoms with E-state index in [1.54, 1.807) is 42.5 Å². The molecule has 0 radical (unpaired) electrons. The predicted molar refractivity (Wildman–Crippen MR) is 100 cm³/mol. The third kappa shape index (κ3) is 5.18. The average molecular weight is 388 g/mol. The monoisotopic (exact) mass is 388 g/mol. The molecule has 0 saturated heterocycles. The van der Waals surface area contributed by atoms with Gasteiger partial charge in [-0.3, -0.25) is 9.52 Å². The van der Waals surface area contributed by atoms with Crippen LogP contribution in [0.25, 0.3) is 11.3 Å². The highest BCUT2D eigenvalue weighted by Crippen LogP contribution is 2.22. The number of rotatable bonds is 6. The third-order valence-electron chi connectivity index (χ3n) is 3.64. The lowest BCUT2D eigenvalue weighted by Crippen LogP contribution is -2.22. The minimum absolute atomic E-state index is 0.157. The average Bonchev–Trinajstić information content (AvgIpc) is 3.08. The van der Waals surface area contributed by atoms with Crippen LogP contribution in [-0.2, 0) is 16.6 Å². The van der Waals surface area contributed by atoms with Crippen LogP contribution in [0.3, 0.4) is 0 Å². The van der Waals surface area contributed by atoms with Gasteiger partial charge in [0.1, 0.15) is 17.3 Å². The second-order valence-electron chi connectivity index (χ2n) is 5.91. The SMILES string of the molecule is CS(=O)(=O)Nc1cccc(C(=O)NCc2ccc(-c3ccc(F)cc3)o2)c1. The van der Waals surface area contributed by atoms with Crippen LogP contribution in [0, 0.1) is 5.82 Å². The molecule has 0 aliphatic rings. The number of furan rings is 1. The van der Waals surface area contributed by atoms with Crippen LogP contribution in [0.5, 0.6) is 0 Å². The summed E-state index contributed by atoms with van der Waals surface area (Å²) in [6.07, 6.45) is 1.04. The zero-order valence-corrected chi connectivity index (χ0v) is 15.2. The number of halogens is 1. The first-order valence-corrected chi connectivity index (χ1v) is 9.90. The first-order valence-electron chi connectivity index (χ1n) is 8.01. The molecular formula is C19H17FN2O4S. The molecule has 8 heteroatoms. The zero-order chi connectivity index (χ0) is 19.4. The summed E-state index contributed by atoms with van der Waals surface area (Å²) < 4.78 is 43.5. The summed E-state index contributed by atoms with van der Waals surface area (Å²) in [6.45, 7) is 0.157. The van der Waals surface area contributed by atoms with Crippen LogP contribution >= 0.6 is 0 Å². The van der Waals surface area contributed by atoms with Gasteiger partial charge in [0.2, 0.25) is 10.0 Å². The lowest BCUT2D eigenvalue weighted by Gasteiger charge is -2.07. The normalized spacial score (nSPS) is 11.2. The Labute approximate surface area is 156 Å². The number of hydrogen-bond acceptors (Lipinski definition) is 4. The first kappa shape index (κ1) is 18.7. The standard InChI is InChI=1S/C19H17FN2O4S/c1-27(24,25)22-16-4-2-3-14(11-16)19(23)21-12-17-9-10-18(26-17)13-5-7-15(20)8-6-13/h2-11,22H,12H2,1H3,(H,21,23). The molecule has 6 nitrogen and oxygen atoms in total. The summed E-state index contributed by atoms with van der Waals surface area (Å²) in [6, 6.07) is 15.5. The van der Waals surface area contributed by atoms with Gasteiger partial charge in [-0.2, -0.15) is 0 Å². The molecule has 140 valence electrons. The number of carbonyl (C=O) groups is 1. The minimum atomic E-state index is -3.42. The molecule has 0 bridgehead atoms. The van der Waals surface area contributed by atoms with E-state index in [1.807, 2.05) is 0 Å². The van der Waals surface area contributed by atoms with Crippen molar-refractivity contribution in [2.45, 2.75) is 6.54 Å². The third-order valence-corrected chi connectivity index (χ3v) is 4.25. The van der Waals surface area contributed by atoms with E-state index < -0.39 is 10.0 Å². The fourth-order valence-electron chi connectivity index (χ4n) is 2.45. The Balaban J connectivity index is 1.64. The van der Waals surface area contributed by atoms with E-state index in [1.165, 1.54) is 18.2 Å². The van der Waals surface area contributed by atoms with Gasteiger partial charge in [0.25, 0.3) is 5.91 Å². The van der Waals surface area contributed by atoms with Crippen LogP contribution in [0.4, 0.5) is 10.1 Å². The molecule has 0 atom stereocenters. The molecule has 1 amide bonds. The molecule has 2 aromatic carbocycles. The van der Waals surface area contributed by atoms with Gasteiger partial charge < -0.3 is 9.73 Å². The molecule has 2 N–H and O–H groups in total. The highest BCUT2D eigenvalue weighted by Gasteiger charge is 2.10. The van der Waals surface area contributed by atoms with Crippen molar-refractivity contribution in [1.82, 2.24) is 5.32 Å². The van der Waals surface area contributed by atoms with E-state index in [-0.39, 0.29) is 18.3 Å². The van der Waals surface area contributed by atoms with E-state index >= 15 is 0 Å². The highest BCUT2D eigenvalue weighted by atomic mass is 32.2. The summed E-state index contributed by atoms with van der Waals surface area (Å²) in [5.41, 5.74) is 1.35. The van der Waals surface area contributed by atoms with Crippen molar-refractivity contribution < 1.29 is 22.0 Å². The number of nitrogens with one attached hydrogen (secondary N) is 2. The lowest BCUT2D eigenvalue weighted by atomic mass is 10.2. The highest BCUT2D eigenvalue weighted by molar-refractivity contribution is 7.92. The first-order chi connectivity index (χ1) is 12.8. The quantitative estimate of drug-likeness (QED) is 0.678. The second kappa shape index (κ2) is 7.63. The number of amides is 1. The van der Waals surface area contributed by atoms with E-state index in [2.05, 4.69) is 10.0 Å². The van der Waals surface area contributed by atoms with Crippen molar-refractivity contribution in [2.75, 3.05) is 11.0 Å². The maximum Gasteiger partial charge on any atom is 0.251 e. The molecule has 27 heavy (non-hydrogen) atoms. The molecule has 0 spiro atoms. The van der Waals surface area contributed by atoms with Crippen molar-refractivity contribution in [2.24, 2.45) is 0 Å². The Kier molecular flexibility index (Phi) is 5.27. The number of benzene rings is 2. The maximum absolute atomic E-state index is 13.0. The van der Waals surface area contributed by atoms with Gasteiger partial charge in [-0.15, -0.1) is 0 Å². The predicted octanol–water partition coefficient (Wildman–Crippen LogP) is 3.39. The van der Waals surface area contributed by atoms with Crippen LogP contribution in [0.1, 0.15) is 16.1 Å².